The van der Waals surface area contributed by atoms with Crippen LogP contribution in [0.1, 0.15) is 44.0 Å². The molecule has 0 unspecified atom stereocenters. The molecule has 28 heavy (non-hydrogen) atoms. The van der Waals surface area contributed by atoms with Crippen molar-refractivity contribution in [2.75, 3.05) is 17.2 Å². The first kappa shape index (κ1) is 22.0. The molecule has 0 fully saturated rings. The summed E-state index contributed by atoms with van der Waals surface area (Å²) in [5.41, 5.74) is 5.11. The van der Waals surface area contributed by atoms with Crippen LogP contribution in [0.5, 0.6) is 0 Å². The number of benzene rings is 1. The summed E-state index contributed by atoms with van der Waals surface area (Å²) in [6, 6.07) is 4.49. The fourth-order valence-electron chi connectivity index (χ4n) is 2.80. The van der Waals surface area contributed by atoms with Gasteiger partial charge in [-0.15, -0.1) is 0 Å². The van der Waals surface area contributed by atoms with E-state index >= 15 is 0 Å². The molecule has 0 aliphatic rings. The van der Waals surface area contributed by atoms with Crippen molar-refractivity contribution in [1.29, 1.82) is 0 Å². The van der Waals surface area contributed by atoms with Crippen molar-refractivity contribution in [3.05, 3.63) is 54.6 Å². The fourth-order valence-corrected chi connectivity index (χ4v) is 3.10. The molecule has 1 heterocycles. The summed E-state index contributed by atoms with van der Waals surface area (Å²) in [6.07, 6.45) is 1.45. The Morgan fingerprint density at radius 1 is 1.25 bits per heavy atom. The third-order valence-electron chi connectivity index (χ3n) is 4.18. The Labute approximate surface area is 173 Å². The largest absolute Gasteiger partial charge is 0.383 e. The maximum Gasteiger partial charge on any atom is 0.330 e. The van der Waals surface area contributed by atoms with Crippen LogP contribution in [0.25, 0.3) is 0 Å². The molecule has 9 heteroatoms. The Bertz CT molecular complexity index is 982. The number of aromatic amines is 1. The molecule has 0 aliphatic carbocycles. The minimum absolute atomic E-state index is 0.0352. The van der Waals surface area contributed by atoms with E-state index in [0.717, 1.165) is 6.42 Å². The first-order chi connectivity index (χ1) is 13.2. The minimum atomic E-state index is -0.702. The van der Waals surface area contributed by atoms with E-state index in [4.69, 9.17) is 28.9 Å². The number of nitrogen functional groups attached to an aromatic ring is 1. The fraction of sp³-hybridized carbons (Fsp3) is 0.421. The maximum absolute atomic E-state index is 13.2. The van der Waals surface area contributed by atoms with Gasteiger partial charge < -0.3 is 10.6 Å². The van der Waals surface area contributed by atoms with Gasteiger partial charge in [0.25, 0.3) is 11.5 Å². The number of rotatable bonds is 7. The third-order valence-corrected chi connectivity index (χ3v) is 4.92. The highest BCUT2D eigenvalue weighted by atomic mass is 35.5. The monoisotopic (exact) mass is 426 g/mol. The van der Waals surface area contributed by atoms with Gasteiger partial charge in [0.15, 0.2) is 5.69 Å². The van der Waals surface area contributed by atoms with E-state index < -0.39 is 17.2 Å². The molecule has 0 aliphatic heterocycles. The number of carbonyl (C=O) groups excluding carboxylic acids is 1. The molecule has 0 radical (unpaired) electrons. The number of amides is 1. The SMILES string of the molecule is CCCCN(C(=O)c1ccc(Cl)c(Cl)c1)c1c(N)n(CC(C)C)c(=O)[nH]c1=O. The Balaban J connectivity index is 2.62. The van der Waals surface area contributed by atoms with E-state index in [0.29, 0.717) is 18.0 Å². The highest BCUT2D eigenvalue weighted by Crippen LogP contribution is 2.25. The molecule has 152 valence electrons. The van der Waals surface area contributed by atoms with E-state index in [9.17, 15) is 14.4 Å². The van der Waals surface area contributed by atoms with Gasteiger partial charge in [-0.25, -0.2) is 4.79 Å². The molecular weight excluding hydrogens is 403 g/mol. The van der Waals surface area contributed by atoms with Crippen LogP contribution in [-0.4, -0.2) is 22.0 Å². The van der Waals surface area contributed by atoms with E-state index in [1.165, 1.54) is 27.7 Å². The second kappa shape index (κ2) is 9.30. The minimum Gasteiger partial charge on any atom is -0.383 e. The molecule has 0 spiro atoms. The number of aromatic nitrogens is 2. The van der Waals surface area contributed by atoms with E-state index in [1.54, 1.807) is 0 Å². The van der Waals surface area contributed by atoms with E-state index in [2.05, 4.69) is 4.98 Å². The summed E-state index contributed by atoms with van der Waals surface area (Å²) >= 11 is 12.0. The van der Waals surface area contributed by atoms with Gasteiger partial charge in [0.2, 0.25) is 0 Å². The molecule has 3 N–H and O–H groups in total. The van der Waals surface area contributed by atoms with Gasteiger partial charge in [0, 0.05) is 18.7 Å². The molecule has 0 saturated carbocycles. The number of nitrogens with two attached hydrogens (primary N) is 1. The van der Waals surface area contributed by atoms with Crippen LogP contribution in [-0.2, 0) is 6.54 Å². The van der Waals surface area contributed by atoms with Crippen LogP contribution < -0.4 is 21.9 Å². The van der Waals surface area contributed by atoms with Gasteiger partial charge in [0.05, 0.1) is 10.0 Å². The van der Waals surface area contributed by atoms with Crippen molar-refractivity contribution in [2.24, 2.45) is 5.92 Å². The molecule has 2 rings (SSSR count). The molecule has 7 nitrogen and oxygen atoms in total. The number of halogens is 2. The van der Waals surface area contributed by atoms with Gasteiger partial charge >= 0.3 is 5.69 Å². The van der Waals surface area contributed by atoms with Crippen molar-refractivity contribution in [2.45, 2.75) is 40.2 Å². The Hall–Kier alpha value is -2.25. The number of nitrogens with one attached hydrogen (secondary N) is 1. The van der Waals surface area contributed by atoms with Crippen molar-refractivity contribution in [1.82, 2.24) is 9.55 Å². The van der Waals surface area contributed by atoms with Gasteiger partial charge in [-0.05, 0) is 30.5 Å². The average molecular weight is 427 g/mol. The van der Waals surface area contributed by atoms with Gasteiger partial charge in [-0.1, -0.05) is 50.4 Å². The zero-order valence-electron chi connectivity index (χ0n) is 16.1. The molecule has 0 saturated heterocycles. The summed E-state index contributed by atoms with van der Waals surface area (Å²) < 4.78 is 1.28. The van der Waals surface area contributed by atoms with Gasteiger partial charge in [0.1, 0.15) is 5.82 Å². The number of H-pyrrole nitrogens is 1. The second-order valence-corrected chi connectivity index (χ2v) is 7.75. The highest BCUT2D eigenvalue weighted by Gasteiger charge is 2.25. The van der Waals surface area contributed by atoms with Crippen LogP contribution in [0.2, 0.25) is 10.0 Å². The first-order valence-electron chi connectivity index (χ1n) is 9.06. The predicted molar refractivity (Wildman–Crippen MR) is 114 cm³/mol. The number of hydrogen-bond acceptors (Lipinski definition) is 4. The number of unbranched alkanes of at least 4 members (excludes halogenated alkanes) is 1. The molecule has 2 aromatic rings. The summed E-state index contributed by atoms with van der Waals surface area (Å²) in [7, 11) is 0. The lowest BCUT2D eigenvalue weighted by molar-refractivity contribution is 0.0986. The van der Waals surface area contributed by atoms with E-state index in [1.807, 2.05) is 20.8 Å². The van der Waals surface area contributed by atoms with Gasteiger partial charge in [-0.3, -0.25) is 19.1 Å². The molecule has 0 atom stereocenters. The van der Waals surface area contributed by atoms with Crippen molar-refractivity contribution < 1.29 is 4.79 Å². The number of nitrogens with zero attached hydrogens (tertiary/aromatic N) is 2. The Morgan fingerprint density at radius 2 is 1.93 bits per heavy atom. The van der Waals surface area contributed by atoms with Crippen LogP contribution >= 0.6 is 23.2 Å². The topological polar surface area (TPSA) is 101 Å². The molecule has 0 bridgehead atoms. The van der Waals surface area contributed by atoms with Crippen LogP contribution in [0.15, 0.2) is 27.8 Å². The standard InChI is InChI=1S/C19H24Cl2N4O3/c1-4-5-8-24(18(27)12-6-7-13(20)14(21)9-12)15-16(22)25(10-11(2)3)19(28)23-17(15)26/h6-7,9,11H,4-5,8,10,22H2,1-3H3,(H,23,26,28). The van der Waals surface area contributed by atoms with Crippen LogP contribution in [0.3, 0.4) is 0 Å². The molecule has 1 aromatic heterocycles. The van der Waals surface area contributed by atoms with E-state index in [-0.39, 0.29) is 34.6 Å². The summed E-state index contributed by atoms with van der Waals surface area (Å²) in [5.74, 6) is -0.362. The Morgan fingerprint density at radius 3 is 2.50 bits per heavy atom. The number of hydrogen-bond donors (Lipinski definition) is 2. The lowest BCUT2D eigenvalue weighted by Crippen LogP contribution is -2.42. The smallest absolute Gasteiger partial charge is 0.330 e. The third kappa shape index (κ3) is 4.77. The first-order valence-corrected chi connectivity index (χ1v) is 9.82. The zero-order valence-corrected chi connectivity index (χ0v) is 17.6. The summed E-state index contributed by atoms with van der Waals surface area (Å²) in [5, 5.41) is 0.552. The molecular formula is C19H24Cl2N4O3. The van der Waals surface area contributed by atoms with Crippen molar-refractivity contribution in [3.63, 3.8) is 0 Å². The van der Waals surface area contributed by atoms with Gasteiger partial charge in [-0.2, -0.15) is 0 Å². The molecule has 1 aromatic carbocycles. The summed E-state index contributed by atoms with van der Waals surface area (Å²) in [6.45, 7) is 6.40. The second-order valence-electron chi connectivity index (χ2n) is 6.94. The highest BCUT2D eigenvalue weighted by molar-refractivity contribution is 6.42. The summed E-state index contributed by atoms with van der Waals surface area (Å²) in [4.78, 5) is 41.5. The quantitative estimate of drug-likeness (QED) is 0.706. The average Bonchev–Trinajstić information content (AvgIpc) is 2.62. The lowest BCUT2D eigenvalue weighted by atomic mass is 10.1. The number of anilines is 2. The Kier molecular flexibility index (Phi) is 7.32. The van der Waals surface area contributed by atoms with Crippen molar-refractivity contribution in [3.8, 4) is 0 Å². The predicted octanol–water partition coefficient (Wildman–Crippen LogP) is 3.53. The van der Waals surface area contributed by atoms with Crippen molar-refractivity contribution >= 4 is 40.6 Å². The number of carbonyl (C=O) groups is 1. The van der Waals surface area contributed by atoms with Crippen LogP contribution in [0, 0.1) is 5.92 Å². The zero-order chi connectivity index (χ0) is 21.0. The molecule has 1 amide bonds. The normalized spacial score (nSPS) is 11.1. The van der Waals surface area contributed by atoms with Crippen LogP contribution in [0.4, 0.5) is 11.5 Å². The lowest BCUT2D eigenvalue weighted by Gasteiger charge is -2.25. The maximum atomic E-state index is 13.2.